The van der Waals surface area contributed by atoms with E-state index in [2.05, 4.69) is 24.1 Å². The van der Waals surface area contributed by atoms with E-state index in [0.29, 0.717) is 37.2 Å². The standard InChI is InChI=1S/C19H31N3O4/c1-15(2)12-17(21-7-10-26-11-8-21)13-20-19(24)16-4-5-18(23)22(14-16)6-9-25-3/h4-5,14-15,17H,6-13H2,1-3H3,(H,20,24). The molecule has 1 fully saturated rings. The Kier molecular flexibility index (Phi) is 8.28. The van der Waals surface area contributed by atoms with Crippen LogP contribution in [0, 0.1) is 5.92 Å². The van der Waals surface area contributed by atoms with Gasteiger partial charge in [-0.05, 0) is 18.4 Å². The van der Waals surface area contributed by atoms with E-state index in [9.17, 15) is 9.59 Å². The van der Waals surface area contributed by atoms with Crippen LogP contribution in [0.15, 0.2) is 23.1 Å². The fourth-order valence-electron chi connectivity index (χ4n) is 3.19. The maximum atomic E-state index is 12.6. The van der Waals surface area contributed by atoms with Crippen molar-refractivity contribution in [1.82, 2.24) is 14.8 Å². The summed E-state index contributed by atoms with van der Waals surface area (Å²) in [6.07, 6.45) is 2.62. The van der Waals surface area contributed by atoms with Gasteiger partial charge in [-0.2, -0.15) is 0 Å². The molecule has 1 aromatic rings. The van der Waals surface area contributed by atoms with Gasteiger partial charge in [0, 0.05) is 51.6 Å². The summed E-state index contributed by atoms with van der Waals surface area (Å²) in [6, 6.07) is 3.30. The zero-order valence-corrected chi connectivity index (χ0v) is 16.1. The molecule has 7 heteroatoms. The summed E-state index contributed by atoms with van der Waals surface area (Å²) in [5.41, 5.74) is 0.357. The second-order valence-corrected chi connectivity index (χ2v) is 7.08. The third kappa shape index (κ3) is 6.23. The molecule has 7 nitrogen and oxygen atoms in total. The van der Waals surface area contributed by atoms with Crippen LogP contribution >= 0.6 is 0 Å². The predicted octanol–water partition coefficient (Wildman–Crippen LogP) is 0.971. The molecular weight excluding hydrogens is 334 g/mol. The molecule has 2 heterocycles. The Morgan fingerprint density at radius 2 is 2.04 bits per heavy atom. The molecule has 1 saturated heterocycles. The van der Waals surface area contributed by atoms with E-state index >= 15 is 0 Å². The maximum Gasteiger partial charge on any atom is 0.252 e. The number of carbonyl (C=O) groups excluding carboxylic acids is 1. The van der Waals surface area contributed by atoms with Crippen molar-refractivity contribution in [3.8, 4) is 0 Å². The summed E-state index contributed by atoms with van der Waals surface area (Å²) < 4.78 is 11.9. The average molecular weight is 365 g/mol. The van der Waals surface area contributed by atoms with Gasteiger partial charge in [0.15, 0.2) is 0 Å². The topological polar surface area (TPSA) is 72.8 Å². The Balaban J connectivity index is 1.99. The lowest BCUT2D eigenvalue weighted by Gasteiger charge is -2.35. The van der Waals surface area contributed by atoms with Crippen LogP contribution in [0.1, 0.15) is 30.6 Å². The highest BCUT2D eigenvalue weighted by Crippen LogP contribution is 2.13. The molecule has 1 aliphatic heterocycles. The Bertz CT molecular complexity index is 623. The van der Waals surface area contributed by atoms with Crippen molar-refractivity contribution in [1.29, 1.82) is 0 Å². The number of morpholine rings is 1. The van der Waals surface area contributed by atoms with Crippen LogP contribution in [0.2, 0.25) is 0 Å². The predicted molar refractivity (Wildman–Crippen MR) is 101 cm³/mol. The molecule has 1 amide bonds. The van der Waals surface area contributed by atoms with Gasteiger partial charge in [-0.3, -0.25) is 14.5 Å². The van der Waals surface area contributed by atoms with Crippen LogP contribution in [0.4, 0.5) is 0 Å². The Labute approximate surface area is 155 Å². The highest BCUT2D eigenvalue weighted by Gasteiger charge is 2.22. The molecule has 1 unspecified atom stereocenters. The number of pyridine rings is 1. The van der Waals surface area contributed by atoms with E-state index in [1.165, 1.54) is 10.6 Å². The number of hydrogen-bond acceptors (Lipinski definition) is 5. The number of methoxy groups -OCH3 is 1. The Morgan fingerprint density at radius 3 is 2.69 bits per heavy atom. The van der Waals surface area contributed by atoms with Crippen LogP contribution in [0.3, 0.4) is 0 Å². The van der Waals surface area contributed by atoms with Gasteiger partial charge in [-0.15, -0.1) is 0 Å². The van der Waals surface area contributed by atoms with Crippen molar-refractivity contribution < 1.29 is 14.3 Å². The van der Waals surface area contributed by atoms with Crippen molar-refractivity contribution in [2.45, 2.75) is 32.9 Å². The molecule has 1 N–H and O–H groups in total. The fraction of sp³-hybridized carbons (Fsp3) is 0.684. The fourth-order valence-corrected chi connectivity index (χ4v) is 3.19. The molecule has 1 aliphatic rings. The normalized spacial score (nSPS) is 16.6. The lowest BCUT2D eigenvalue weighted by Crippen LogP contribution is -2.49. The number of rotatable bonds is 9. The second-order valence-electron chi connectivity index (χ2n) is 7.08. The van der Waals surface area contributed by atoms with Gasteiger partial charge in [-0.25, -0.2) is 0 Å². The van der Waals surface area contributed by atoms with Crippen molar-refractivity contribution in [3.05, 3.63) is 34.2 Å². The van der Waals surface area contributed by atoms with E-state index < -0.39 is 0 Å². The molecule has 2 rings (SSSR count). The second kappa shape index (κ2) is 10.4. The summed E-state index contributed by atoms with van der Waals surface area (Å²) in [5, 5.41) is 3.04. The van der Waals surface area contributed by atoms with Crippen LogP contribution in [-0.4, -0.2) is 68.0 Å². The summed E-state index contributed by atoms with van der Waals surface area (Å²) in [4.78, 5) is 26.8. The summed E-state index contributed by atoms with van der Waals surface area (Å²) in [6.45, 7) is 9.12. The number of ether oxygens (including phenoxy) is 2. The molecule has 0 aromatic carbocycles. The summed E-state index contributed by atoms with van der Waals surface area (Å²) in [7, 11) is 1.59. The first kappa shape index (κ1) is 20.6. The smallest absolute Gasteiger partial charge is 0.252 e. The van der Waals surface area contributed by atoms with E-state index in [4.69, 9.17) is 9.47 Å². The van der Waals surface area contributed by atoms with Gasteiger partial charge in [0.2, 0.25) is 0 Å². The minimum Gasteiger partial charge on any atom is -0.383 e. The van der Waals surface area contributed by atoms with Crippen LogP contribution in [0.5, 0.6) is 0 Å². The molecule has 0 spiro atoms. The van der Waals surface area contributed by atoms with E-state index in [1.54, 1.807) is 19.4 Å². The van der Waals surface area contributed by atoms with Gasteiger partial charge in [0.05, 0.1) is 25.4 Å². The molecule has 0 bridgehead atoms. The van der Waals surface area contributed by atoms with Crippen molar-refractivity contribution >= 4 is 5.91 Å². The van der Waals surface area contributed by atoms with Gasteiger partial charge >= 0.3 is 0 Å². The van der Waals surface area contributed by atoms with Crippen molar-refractivity contribution in [2.75, 3.05) is 46.6 Å². The first-order chi connectivity index (χ1) is 12.5. The van der Waals surface area contributed by atoms with E-state index in [1.807, 2.05) is 0 Å². The molecule has 1 atom stereocenters. The van der Waals surface area contributed by atoms with Gasteiger partial charge in [0.1, 0.15) is 0 Å². The molecule has 0 aliphatic carbocycles. The number of carbonyl (C=O) groups is 1. The lowest BCUT2D eigenvalue weighted by molar-refractivity contribution is 0.0124. The monoisotopic (exact) mass is 365 g/mol. The quantitative estimate of drug-likeness (QED) is 0.706. The lowest BCUT2D eigenvalue weighted by atomic mass is 10.0. The Hall–Kier alpha value is -1.70. The van der Waals surface area contributed by atoms with Crippen LogP contribution in [0.25, 0.3) is 0 Å². The third-order valence-electron chi connectivity index (χ3n) is 4.59. The largest absolute Gasteiger partial charge is 0.383 e. The maximum absolute atomic E-state index is 12.6. The third-order valence-corrected chi connectivity index (χ3v) is 4.59. The van der Waals surface area contributed by atoms with Gasteiger partial charge in [-0.1, -0.05) is 13.8 Å². The molecule has 0 radical (unpaired) electrons. The first-order valence-electron chi connectivity index (χ1n) is 9.30. The zero-order valence-electron chi connectivity index (χ0n) is 16.1. The SMILES string of the molecule is COCCn1cc(C(=O)NCC(CC(C)C)N2CCOCC2)ccc1=O. The highest BCUT2D eigenvalue weighted by atomic mass is 16.5. The van der Waals surface area contributed by atoms with Gasteiger partial charge in [0.25, 0.3) is 11.5 Å². The Morgan fingerprint density at radius 1 is 1.31 bits per heavy atom. The molecule has 1 aromatic heterocycles. The number of hydrogen-bond donors (Lipinski definition) is 1. The van der Waals surface area contributed by atoms with Crippen LogP contribution < -0.4 is 10.9 Å². The van der Waals surface area contributed by atoms with Gasteiger partial charge < -0.3 is 19.4 Å². The summed E-state index contributed by atoms with van der Waals surface area (Å²) in [5.74, 6) is 0.397. The first-order valence-corrected chi connectivity index (χ1v) is 9.30. The number of aromatic nitrogens is 1. The van der Waals surface area contributed by atoms with Crippen molar-refractivity contribution in [2.24, 2.45) is 5.92 Å². The van der Waals surface area contributed by atoms with E-state index in [0.717, 1.165) is 32.7 Å². The minimum absolute atomic E-state index is 0.135. The number of nitrogens with zero attached hydrogens (tertiary/aromatic N) is 2. The van der Waals surface area contributed by atoms with Crippen molar-refractivity contribution in [3.63, 3.8) is 0 Å². The highest BCUT2D eigenvalue weighted by molar-refractivity contribution is 5.93. The van der Waals surface area contributed by atoms with Crippen LogP contribution in [-0.2, 0) is 16.0 Å². The number of amides is 1. The molecule has 0 saturated carbocycles. The molecule has 146 valence electrons. The molecular formula is C19H31N3O4. The molecule has 26 heavy (non-hydrogen) atoms. The summed E-state index contributed by atoms with van der Waals surface area (Å²) >= 11 is 0. The zero-order chi connectivity index (χ0) is 18.9. The van der Waals surface area contributed by atoms with E-state index in [-0.39, 0.29) is 11.5 Å². The average Bonchev–Trinajstić information content (AvgIpc) is 2.64. The minimum atomic E-state index is -0.154. The number of nitrogens with one attached hydrogen (secondary N) is 1.